The normalized spacial score (nSPS) is 14.2. The maximum atomic E-state index is 13.3. The van der Waals surface area contributed by atoms with Crippen molar-refractivity contribution in [1.29, 1.82) is 0 Å². The van der Waals surface area contributed by atoms with Crippen molar-refractivity contribution in [2.45, 2.75) is 18.9 Å². The van der Waals surface area contributed by atoms with E-state index in [-0.39, 0.29) is 5.82 Å². The fraction of sp³-hybridized carbons (Fsp3) is 0.200. The third kappa shape index (κ3) is 3.35. The molecule has 0 amide bonds. The van der Waals surface area contributed by atoms with E-state index < -0.39 is 5.54 Å². The van der Waals surface area contributed by atoms with Crippen molar-refractivity contribution in [3.63, 3.8) is 0 Å². The monoisotopic (exact) mass is 341 g/mol. The second kappa shape index (κ2) is 5.61. The van der Waals surface area contributed by atoms with Crippen LogP contribution in [0.4, 0.5) is 4.39 Å². The summed E-state index contributed by atoms with van der Waals surface area (Å²) in [4.78, 5) is 0. The SMILES string of the molecule is CC(N)(Cc1cc(F)ccc1Cl)c1ccccc1Br. The van der Waals surface area contributed by atoms with Crippen LogP contribution in [0.1, 0.15) is 18.1 Å². The van der Waals surface area contributed by atoms with Gasteiger partial charge in [-0.05, 0) is 48.7 Å². The van der Waals surface area contributed by atoms with E-state index in [1.54, 1.807) is 6.07 Å². The molecule has 19 heavy (non-hydrogen) atoms. The quantitative estimate of drug-likeness (QED) is 0.862. The van der Waals surface area contributed by atoms with Crippen LogP contribution < -0.4 is 5.73 Å². The first-order valence-electron chi connectivity index (χ1n) is 5.88. The Kier molecular flexibility index (Phi) is 4.29. The molecule has 0 saturated heterocycles. The molecule has 100 valence electrons. The zero-order valence-electron chi connectivity index (χ0n) is 10.5. The third-order valence-corrected chi connectivity index (χ3v) is 4.11. The minimum absolute atomic E-state index is 0.303. The van der Waals surface area contributed by atoms with Crippen molar-refractivity contribution in [2.75, 3.05) is 0 Å². The average molecular weight is 343 g/mol. The molecule has 1 atom stereocenters. The van der Waals surface area contributed by atoms with Crippen molar-refractivity contribution in [2.24, 2.45) is 5.73 Å². The van der Waals surface area contributed by atoms with Gasteiger partial charge in [0.05, 0.1) is 0 Å². The first-order valence-corrected chi connectivity index (χ1v) is 7.05. The summed E-state index contributed by atoms with van der Waals surface area (Å²) in [5.41, 5.74) is 7.43. The van der Waals surface area contributed by atoms with Crippen molar-refractivity contribution in [3.05, 3.63) is 68.9 Å². The van der Waals surface area contributed by atoms with Crippen LogP contribution in [0.3, 0.4) is 0 Å². The molecular formula is C15H14BrClFN. The van der Waals surface area contributed by atoms with Crippen LogP contribution in [0.25, 0.3) is 0 Å². The fourth-order valence-corrected chi connectivity index (χ4v) is 3.02. The molecule has 2 aromatic carbocycles. The molecule has 2 N–H and O–H groups in total. The lowest BCUT2D eigenvalue weighted by atomic mass is 9.86. The van der Waals surface area contributed by atoms with Gasteiger partial charge in [-0.3, -0.25) is 0 Å². The van der Waals surface area contributed by atoms with Gasteiger partial charge in [0.1, 0.15) is 5.82 Å². The lowest BCUT2D eigenvalue weighted by Crippen LogP contribution is -2.36. The molecule has 0 spiro atoms. The summed E-state index contributed by atoms with van der Waals surface area (Å²) in [6, 6.07) is 12.1. The van der Waals surface area contributed by atoms with E-state index in [1.165, 1.54) is 12.1 Å². The van der Waals surface area contributed by atoms with Crippen molar-refractivity contribution in [3.8, 4) is 0 Å². The predicted octanol–water partition coefficient (Wildman–Crippen LogP) is 4.66. The van der Waals surface area contributed by atoms with E-state index in [9.17, 15) is 4.39 Å². The van der Waals surface area contributed by atoms with Gasteiger partial charge in [0.25, 0.3) is 0 Å². The molecule has 0 aliphatic rings. The molecule has 0 heterocycles. The van der Waals surface area contributed by atoms with Gasteiger partial charge in [-0.1, -0.05) is 45.7 Å². The zero-order chi connectivity index (χ0) is 14.0. The van der Waals surface area contributed by atoms with Crippen molar-refractivity contribution >= 4 is 27.5 Å². The second-order valence-corrected chi connectivity index (χ2v) is 6.07. The van der Waals surface area contributed by atoms with Crippen LogP contribution in [-0.4, -0.2) is 0 Å². The Hall–Kier alpha value is -0.900. The zero-order valence-corrected chi connectivity index (χ0v) is 12.8. The summed E-state index contributed by atoms with van der Waals surface area (Å²) in [5.74, 6) is -0.303. The van der Waals surface area contributed by atoms with Gasteiger partial charge in [0.2, 0.25) is 0 Å². The molecule has 0 fully saturated rings. The Labute approximate surface area is 125 Å². The topological polar surface area (TPSA) is 26.0 Å². The van der Waals surface area contributed by atoms with E-state index in [0.717, 1.165) is 10.0 Å². The summed E-state index contributed by atoms with van der Waals surface area (Å²) < 4.78 is 14.2. The van der Waals surface area contributed by atoms with Crippen molar-refractivity contribution < 1.29 is 4.39 Å². The highest BCUT2D eigenvalue weighted by atomic mass is 79.9. The maximum absolute atomic E-state index is 13.3. The Balaban J connectivity index is 2.36. The van der Waals surface area contributed by atoms with Crippen LogP contribution in [0.5, 0.6) is 0 Å². The highest BCUT2D eigenvalue weighted by molar-refractivity contribution is 9.10. The molecule has 0 aromatic heterocycles. The van der Waals surface area contributed by atoms with Gasteiger partial charge in [-0.2, -0.15) is 0 Å². The Morgan fingerprint density at radius 2 is 1.95 bits per heavy atom. The van der Waals surface area contributed by atoms with Gasteiger partial charge >= 0.3 is 0 Å². The predicted molar refractivity (Wildman–Crippen MR) is 80.8 cm³/mol. The van der Waals surface area contributed by atoms with E-state index >= 15 is 0 Å². The number of benzene rings is 2. The number of hydrogen-bond acceptors (Lipinski definition) is 1. The minimum Gasteiger partial charge on any atom is -0.321 e. The first-order chi connectivity index (χ1) is 8.90. The standard InChI is InChI=1S/C15H14BrClFN/c1-15(19,12-4-2-3-5-13(12)16)9-10-8-11(18)6-7-14(10)17/h2-8H,9,19H2,1H3. The Morgan fingerprint density at radius 3 is 2.63 bits per heavy atom. The van der Waals surface area contributed by atoms with Crippen LogP contribution in [0, 0.1) is 5.82 Å². The average Bonchev–Trinajstić information content (AvgIpc) is 2.34. The molecule has 0 bridgehead atoms. The summed E-state index contributed by atoms with van der Waals surface area (Å²) >= 11 is 9.59. The van der Waals surface area contributed by atoms with E-state index in [0.29, 0.717) is 17.0 Å². The maximum Gasteiger partial charge on any atom is 0.123 e. The molecule has 0 saturated carbocycles. The second-order valence-electron chi connectivity index (χ2n) is 4.81. The summed E-state index contributed by atoms with van der Waals surface area (Å²) in [6.45, 7) is 1.91. The van der Waals surface area contributed by atoms with E-state index in [1.807, 2.05) is 31.2 Å². The molecule has 0 aliphatic heterocycles. The number of nitrogens with two attached hydrogens (primary N) is 1. The van der Waals surface area contributed by atoms with E-state index in [4.69, 9.17) is 17.3 Å². The van der Waals surface area contributed by atoms with Crippen LogP contribution in [0.2, 0.25) is 5.02 Å². The summed E-state index contributed by atoms with van der Waals surface area (Å²) in [5, 5.41) is 0.533. The number of rotatable bonds is 3. The van der Waals surface area contributed by atoms with Crippen molar-refractivity contribution in [1.82, 2.24) is 0 Å². The van der Waals surface area contributed by atoms with Gasteiger partial charge in [0, 0.05) is 15.0 Å². The van der Waals surface area contributed by atoms with Crippen LogP contribution in [-0.2, 0) is 12.0 Å². The van der Waals surface area contributed by atoms with E-state index in [2.05, 4.69) is 15.9 Å². The molecular weight excluding hydrogens is 329 g/mol. The number of hydrogen-bond donors (Lipinski definition) is 1. The molecule has 2 aromatic rings. The van der Waals surface area contributed by atoms with Gasteiger partial charge in [0.15, 0.2) is 0 Å². The fourth-order valence-electron chi connectivity index (χ4n) is 2.09. The lowest BCUT2D eigenvalue weighted by Gasteiger charge is -2.27. The molecule has 0 aliphatic carbocycles. The van der Waals surface area contributed by atoms with Gasteiger partial charge in [-0.25, -0.2) is 4.39 Å². The highest BCUT2D eigenvalue weighted by Gasteiger charge is 2.25. The molecule has 0 radical (unpaired) electrons. The molecule has 1 unspecified atom stereocenters. The molecule has 2 rings (SSSR count). The Bertz CT molecular complexity index is 598. The molecule has 4 heteroatoms. The van der Waals surface area contributed by atoms with Crippen LogP contribution in [0.15, 0.2) is 46.9 Å². The van der Waals surface area contributed by atoms with Gasteiger partial charge < -0.3 is 5.73 Å². The first kappa shape index (κ1) is 14.5. The smallest absolute Gasteiger partial charge is 0.123 e. The van der Waals surface area contributed by atoms with Crippen LogP contribution >= 0.6 is 27.5 Å². The van der Waals surface area contributed by atoms with Gasteiger partial charge in [-0.15, -0.1) is 0 Å². The summed E-state index contributed by atoms with van der Waals surface area (Å²) in [7, 11) is 0. The number of halogens is 3. The largest absolute Gasteiger partial charge is 0.321 e. The minimum atomic E-state index is -0.627. The third-order valence-electron chi connectivity index (χ3n) is 3.05. The Morgan fingerprint density at radius 1 is 1.26 bits per heavy atom. The summed E-state index contributed by atoms with van der Waals surface area (Å²) in [6.07, 6.45) is 0.464. The molecule has 1 nitrogen and oxygen atoms in total. The highest BCUT2D eigenvalue weighted by Crippen LogP contribution is 2.31. The lowest BCUT2D eigenvalue weighted by molar-refractivity contribution is 0.487.